The van der Waals surface area contributed by atoms with Crippen molar-refractivity contribution in [1.82, 2.24) is 0 Å². The smallest absolute Gasteiger partial charge is 0.123 e. The van der Waals surface area contributed by atoms with Crippen LogP contribution in [0.5, 0.6) is 0 Å². The van der Waals surface area contributed by atoms with Crippen molar-refractivity contribution in [1.29, 1.82) is 0 Å². The molecule has 0 amide bonds. The van der Waals surface area contributed by atoms with Crippen LogP contribution in [0.1, 0.15) is 19.3 Å². The summed E-state index contributed by atoms with van der Waals surface area (Å²) in [6.45, 7) is 0. The van der Waals surface area contributed by atoms with Gasteiger partial charge in [-0.2, -0.15) is 0 Å². The van der Waals surface area contributed by atoms with Crippen LogP contribution in [0.25, 0.3) is 0 Å². The van der Waals surface area contributed by atoms with Crippen LogP contribution >= 0.6 is 0 Å². The van der Waals surface area contributed by atoms with Crippen molar-refractivity contribution in [3.05, 3.63) is 12.2 Å². The van der Waals surface area contributed by atoms with E-state index < -0.39 is 0 Å². The topological polar surface area (TPSA) is 17.1 Å². The SMILES string of the molecule is O=CC/C=C\C1CC1. The fourth-order valence-electron chi connectivity index (χ4n) is 0.615. The number of aldehydes is 1. The Hall–Kier alpha value is -0.590. The Labute approximate surface area is 49.4 Å². The third-order valence-corrected chi connectivity index (χ3v) is 1.26. The number of rotatable bonds is 3. The number of hydrogen-bond donors (Lipinski definition) is 0. The Morgan fingerprint density at radius 3 is 2.75 bits per heavy atom. The Bertz CT molecular complexity index is 101. The van der Waals surface area contributed by atoms with Crippen LogP contribution in [-0.2, 0) is 4.79 Å². The molecule has 1 fully saturated rings. The zero-order valence-electron chi connectivity index (χ0n) is 4.84. The summed E-state index contributed by atoms with van der Waals surface area (Å²) in [6, 6.07) is 0. The van der Waals surface area contributed by atoms with Gasteiger partial charge in [0.05, 0.1) is 0 Å². The largest absolute Gasteiger partial charge is 0.303 e. The molecule has 0 aromatic rings. The summed E-state index contributed by atoms with van der Waals surface area (Å²) >= 11 is 0. The second kappa shape index (κ2) is 2.65. The lowest BCUT2D eigenvalue weighted by Gasteiger charge is -1.75. The van der Waals surface area contributed by atoms with Crippen LogP contribution in [0, 0.1) is 5.92 Å². The first kappa shape index (κ1) is 5.54. The molecule has 0 radical (unpaired) electrons. The molecule has 1 nitrogen and oxygen atoms in total. The van der Waals surface area contributed by atoms with E-state index in [9.17, 15) is 4.79 Å². The summed E-state index contributed by atoms with van der Waals surface area (Å²) in [5.41, 5.74) is 0. The van der Waals surface area contributed by atoms with Crippen LogP contribution in [0.4, 0.5) is 0 Å². The number of hydrogen-bond acceptors (Lipinski definition) is 1. The lowest BCUT2D eigenvalue weighted by molar-refractivity contribution is -0.107. The first-order valence-corrected chi connectivity index (χ1v) is 3.04. The molecule has 0 unspecified atom stereocenters. The third-order valence-electron chi connectivity index (χ3n) is 1.26. The van der Waals surface area contributed by atoms with Crippen molar-refractivity contribution in [2.75, 3.05) is 0 Å². The molecule has 1 rings (SSSR count). The lowest BCUT2D eigenvalue weighted by Crippen LogP contribution is -1.66. The van der Waals surface area contributed by atoms with Gasteiger partial charge in [0.2, 0.25) is 0 Å². The van der Waals surface area contributed by atoms with E-state index >= 15 is 0 Å². The molecule has 1 heteroatoms. The summed E-state index contributed by atoms with van der Waals surface area (Å²) in [5.74, 6) is 0.815. The molecule has 0 saturated heterocycles. The minimum atomic E-state index is 0.594. The second-order valence-corrected chi connectivity index (χ2v) is 2.17. The highest BCUT2D eigenvalue weighted by atomic mass is 16.1. The van der Waals surface area contributed by atoms with Gasteiger partial charge < -0.3 is 4.79 Å². The molecule has 1 aliphatic rings. The molecular weight excluding hydrogens is 100 g/mol. The number of allylic oxidation sites excluding steroid dienone is 2. The molecule has 0 spiro atoms. The van der Waals surface area contributed by atoms with Crippen LogP contribution in [0.3, 0.4) is 0 Å². The van der Waals surface area contributed by atoms with E-state index in [0.29, 0.717) is 6.42 Å². The minimum absolute atomic E-state index is 0.594. The number of carbonyl (C=O) groups excluding carboxylic acids is 1. The Morgan fingerprint density at radius 2 is 2.25 bits per heavy atom. The monoisotopic (exact) mass is 110 g/mol. The van der Waals surface area contributed by atoms with Crippen LogP contribution in [0.15, 0.2) is 12.2 Å². The van der Waals surface area contributed by atoms with Gasteiger partial charge in [-0.25, -0.2) is 0 Å². The molecular formula is C7H10O. The molecule has 0 aliphatic heterocycles. The van der Waals surface area contributed by atoms with Gasteiger partial charge in [0.15, 0.2) is 0 Å². The molecule has 0 aromatic carbocycles. The molecule has 1 saturated carbocycles. The van der Waals surface area contributed by atoms with Gasteiger partial charge in [-0.15, -0.1) is 0 Å². The van der Waals surface area contributed by atoms with Crippen molar-refractivity contribution in [2.45, 2.75) is 19.3 Å². The van der Waals surface area contributed by atoms with Crippen LogP contribution < -0.4 is 0 Å². The quantitative estimate of drug-likeness (QED) is 0.398. The lowest BCUT2D eigenvalue weighted by atomic mass is 10.3. The van der Waals surface area contributed by atoms with E-state index in [-0.39, 0.29) is 0 Å². The van der Waals surface area contributed by atoms with Crippen molar-refractivity contribution in [3.8, 4) is 0 Å². The highest BCUT2D eigenvalue weighted by molar-refractivity contribution is 5.51. The van der Waals surface area contributed by atoms with Gasteiger partial charge in [-0.3, -0.25) is 0 Å². The predicted octanol–water partition coefficient (Wildman–Crippen LogP) is 1.54. The van der Waals surface area contributed by atoms with Crippen LogP contribution in [-0.4, -0.2) is 6.29 Å². The molecule has 8 heavy (non-hydrogen) atoms. The van der Waals surface area contributed by atoms with Crippen molar-refractivity contribution >= 4 is 6.29 Å². The molecule has 1 aliphatic carbocycles. The van der Waals surface area contributed by atoms with Crippen molar-refractivity contribution < 1.29 is 4.79 Å². The molecule has 0 bridgehead atoms. The van der Waals surface area contributed by atoms with Gasteiger partial charge in [0.1, 0.15) is 6.29 Å². The zero-order chi connectivity index (χ0) is 5.82. The fourth-order valence-corrected chi connectivity index (χ4v) is 0.615. The summed E-state index contributed by atoms with van der Waals surface area (Å²) < 4.78 is 0. The van der Waals surface area contributed by atoms with E-state index in [0.717, 1.165) is 12.2 Å². The first-order valence-electron chi connectivity index (χ1n) is 3.04. The fraction of sp³-hybridized carbons (Fsp3) is 0.571. The van der Waals surface area contributed by atoms with Gasteiger partial charge in [-0.05, 0) is 18.8 Å². The standard InChI is InChI=1S/C7H10O/c8-6-2-1-3-7-4-5-7/h1,3,6-7H,2,4-5H2/b3-1-. The average molecular weight is 110 g/mol. The minimum Gasteiger partial charge on any atom is -0.303 e. The summed E-state index contributed by atoms with van der Waals surface area (Å²) in [6.07, 6.45) is 8.26. The zero-order valence-corrected chi connectivity index (χ0v) is 4.84. The number of carbonyl (C=O) groups is 1. The van der Waals surface area contributed by atoms with Crippen LogP contribution in [0.2, 0.25) is 0 Å². The maximum absolute atomic E-state index is 9.76. The first-order chi connectivity index (χ1) is 3.93. The maximum atomic E-state index is 9.76. The molecule has 0 heterocycles. The van der Waals surface area contributed by atoms with Gasteiger partial charge >= 0.3 is 0 Å². The summed E-state index contributed by atoms with van der Waals surface area (Å²) in [4.78, 5) is 9.76. The van der Waals surface area contributed by atoms with E-state index in [1.807, 2.05) is 6.08 Å². The van der Waals surface area contributed by atoms with E-state index in [2.05, 4.69) is 6.08 Å². The Balaban J connectivity index is 2.04. The van der Waals surface area contributed by atoms with Gasteiger partial charge in [0, 0.05) is 6.42 Å². The average Bonchev–Trinajstić information content (AvgIpc) is 2.51. The van der Waals surface area contributed by atoms with E-state index in [1.54, 1.807) is 0 Å². The predicted molar refractivity (Wildman–Crippen MR) is 32.5 cm³/mol. The molecule has 0 atom stereocenters. The summed E-state index contributed by atoms with van der Waals surface area (Å²) in [7, 11) is 0. The Morgan fingerprint density at radius 1 is 1.50 bits per heavy atom. The highest BCUT2D eigenvalue weighted by Gasteiger charge is 2.16. The van der Waals surface area contributed by atoms with Gasteiger partial charge in [0.25, 0.3) is 0 Å². The molecule has 0 aromatic heterocycles. The highest BCUT2D eigenvalue weighted by Crippen LogP contribution is 2.29. The maximum Gasteiger partial charge on any atom is 0.123 e. The van der Waals surface area contributed by atoms with Crippen molar-refractivity contribution in [3.63, 3.8) is 0 Å². The van der Waals surface area contributed by atoms with Gasteiger partial charge in [-0.1, -0.05) is 12.2 Å². The molecule has 44 valence electrons. The third kappa shape index (κ3) is 1.92. The molecule has 0 N–H and O–H groups in total. The second-order valence-electron chi connectivity index (χ2n) is 2.17. The van der Waals surface area contributed by atoms with E-state index in [1.165, 1.54) is 12.8 Å². The van der Waals surface area contributed by atoms with Crippen molar-refractivity contribution in [2.24, 2.45) is 5.92 Å². The summed E-state index contributed by atoms with van der Waals surface area (Å²) in [5, 5.41) is 0. The van der Waals surface area contributed by atoms with E-state index in [4.69, 9.17) is 0 Å². The Kier molecular flexibility index (Phi) is 1.84. The normalized spacial score (nSPS) is 19.5.